The second kappa shape index (κ2) is 6.85. The lowest BCUT2D eigenvalue weighted by atomic mass is 10.2. The van der Waals surface area contributed by atoms with E-state index in [1.165, 1.54) is 18.2 Å². The first-order valence-corrected chi connectivity index (χ1v) is 6.60. The maximum atomic E-state index is 13.1. The summed E-state index contributed by atoms with van der Waals surface area (Å²) in [4.78, 5) is 25.8. The molecule has 1 aliphatic heterocycles. The first kappa shape index (κ1) is 15.0. The largest absolute Gasteiger partial charge is 0.403 e. The van der Waals surface area contributed by atoms with Crippen molar-refractivity contribution in [1.82, 2.24) is 10.2 Å². The molecule has 0 aliphatic carbocycles. The van der Waals surface area contributed by atoms with Gasteiger partial charge in [0.2, 0.25) is 0 Å². The number of carbonyl (C=O) groups excluding carboxylic acids is 2. The summed E-state index contributed by atoms with van der Waals surface area (Å²) < 4.78 is 13.1. The van der Waals surface area contributed by atoms with E-state index in [2.05, 4.69) is 10.6 Å². The number of rotatable bonds is 4. The van der Waals surface area contributed by atoms with Gasteiger partial charge in [0.05, 0.1) is 0 Å². The van der Waals surface area contributed by atoms with Gasteiger partial charge >= 0.3 is 0 Å². The lowest BCUT2D eigenvalue weighted by molar-refractivity contribution is -0.133. The molecule has 21 heavy (non-hydrogen) atoms. The standard InChI is InChI=1S/C14H17FN4O2/c15-10-2-1-3-11(8-10)18-14(21)13(20)12(9-16)19-6-4-17-5-7-19/h1-3,8-9,17H,4-7,16H2,(H,18,21). The van der Waals surface area contributed by atoms with Crippen LogP contribution in [-0.2, 0) is 9.59 Å². The Morgan fingerprint density at radius 2 is 2.05 bits per heavy atom. The third-order valence-corrected chi connectivity index (χ3v) is 3.14. The van der Waals surface area contributed by atoms with Crippen LogP contribution in [0.3, 0.4) is 0 Å². The minimum Gasteiger partial charge on any atom is -0.403 e. The number of anilines is 1. The molecule has 1 heterocycles. The molecule has 0 aromatic heterocycles. The zero-order valence-electron chi connectivity index (χ0n) is 11.4. The number of amides is 1. The number of carbonyl (C=O) groups is 2. The molecule has 112 valence electrons. The molecule has 2 rings (SSSR count). The minimum atomic E-state index is -0.837. The molecule has 1 amide bonds. The molecule has 0 atom stereocenters. The van der Waals surface area contributed by atoms with E-state index in [4.69, 9.17) is 5.73 Å². The second-order valence-corrected chi connectivity index (χ2v) is 4.58. The van der Waals surface area contributed by atoms with Gasteiger partial charge in [-0.05, 0) is 18.2 Å². The maximum Gasteiger partial charge on any atom is 0.298 e. The fourth-order valence-corrected chi connectivity index (χ4v) is 2.10. The Bertz CT molecular complexity index is 568. The molecule has 1 fully saturated rings. The zero-order chi connectivity index (χ0) is 15.2. The van der Waals surface area contributed by atoms with E-state index < -0.39 is 17.5 Å². The molecular weight excluding hydrogens is 275 g/mol. The highest BCUT2D eigenvalue weighted by molar-refractivity contribution is 6.46. The Labute approximate surface area is 121 Å². The number of nitrogens with two attached hydrogens (primary N) is 1. The Balaban J connectivity index is 2.05. The first-order valence-electron chi connectivity index (χ1n) is 6.60. The van der Waals surface area contributed by atoms with Crippen molar-refractivity contribution in [2.24, 2.45) is 5.73 Å². The molecule has 0 saturated carbocycles. The van der Waals surface area contributed by atoms with E-state index in [1.54, 1.807) is 4.90 Å². The van der Waals surface area contributed by atoms with Crippen LogP contribution in [0.5, 0.6) is 0 Å². The van der Waals surface area contributed by atoms with Crippen LogP contribution < -0.4 is 16.4 Å². The van der Waals surface area contributed by atoms with Gasteiger partial charge in [-0.3, -0.25) is 9.59 Å². The SMILES string of the molecule is NC=C(C(=O)C(=O)Nc1cccc(F)c1)N1CCNCC1. The molecule has 0 bridgehead atoms. The second-order valence-electron chi connectivity index (χ2n) is 4.58. The van der Waals surface area contributed by atoms with Crippen LogP contribution in [0.15, 0.2) is 36.2 Å². The van der Waals surface area contributed by atoms with Gasteiger partial charge in [0.1, 0.15) is 11.5 Å². The van der Waals surface area contributed by atoms with E-state index in [0.29, 0.717) is 13.1 Å². The van der Waals surface area contributed by atoms with Gasteiger partial charge in [0.25, 0.3) is 11.7 Å². The van der Waals surface area contributed by atoms with Crippen LogP contribution in [0.25, 0.3) is 0 Å². The van der Waals surface area contributed by atoms with Crippen molar-refractivity contribution in [3.63, 3.8) is 0 Å². The smallest absolute Gasteiger partial charge is 0.298 e. The Morgan fingerprint density at radius 1 is 1.33 bits per heavy atom. The highest BCUT2D eigenvalue weighted by atomic mass is 19.1. The van der Waals surface area contributed by atoms with Crippen LogP contribution in [0, 0.1) is 5.82 Å². The Kier molecular flexibility index (Phi) is 4.89. The average molecular weight is 292 g/mol. The van der Waals surface area contributed by atoms with Gasteiger partial charge in [0.15, 0.2) is 0 Å². The molecule has 0 unspecified atom stereocenters. The summed E-state index contributed by atoms with van der Waals surface area (Å²) in [6.07, 6.45) is 1.14. The summed E-state index contributed by atoms with van der Waals surface area (Å²) in [7, 11) is 0. The molecule has 0 radical (unpaired) electrons. The van der Waals surface area contributed by atoms with Crippen molar-refractivity contribution in [3.8, 4) is 0 Å². The highest BCUT2D eigenvalue weighted by Crippen LogP contribution is 2.11. The van der Waals surface area contributed by atoms with Gasteiger partial charge in [0, 0.05) is 38.1 Å². The number of nitrogens with one attached hydrogen (secondary N) is 2. The van der Waals surface area contributed by atoms with Crippen LogP contribution in [0.4, 0.5) is 10.1 Å². The summed E-state index contributed by atoms with van der Waals surface area (Å²) in [5.41, 5.74) is 5.86. The van der Waals surface area contributed by atoms with E-state index >= 15 is 0 Å². The number of hydrogen-bond acceptors (Lipinski definition) is 5. The number of piperazine rings is 1. The summed E-state index contributed by atoms with van der Waals surface area (Å²) in [5, 5.41) is 5.51. The topological polar surface area (TPSA) is 87.5 Å². The average Bonchev–Trinajstić information content (AvgIpc) is 2.49. The molecule has 1 saturated heterocycles. The van der Waals surface area contributed by atoms with Crippen molar-refractivity contribution >= 4 is 17.4 Å². The van der Waals surface area contributed by atoms with Crippen molar-refractivity contribution in [2.75, 3.05) is 31.5 Å². The molecule has 1 aliphatic rings. The molecule has 6 nitrogen and oxygen atoms in total. The lowest BCUT2D eigenvalue weighted by Crippen LogP contribution is -2.46. The van der Waals surface area contributed by atoms with Gasteiger partial charge < -0.3 is 21.3 Å². The highest BCUT2D eigenvalue weighted by Gasteiger charge is 2.25. The monoisotopic (exact) mass is 292 g/mol. The predicted octanol–water partition coefficient (Wildman–Crippen LogP) is 0.0386. The quantitative estimate of drug-likeness (QED) is 0.539. The molecular formula is C14H17FN4O2. The van der Waals surface area contributed by atoms with E-state index in [0.717, 1.165) is 25.4 Å². The third kappa shape index (κ3) is 3.79. The van der Waals surface area contributed by atoms with Crippen molar-refractivity contribution in [2.45, 2.75) is 0 Å². The van der Waals surface area contributed by atoms with E-state index in [1.807, 2.05) is 0 Å². The number of hydrogen-bond donors (Lipinski definition) is 3. The number of Topliss-reactive ketones (excluding diaryl/α,β-unsaturated/α-hetero) is 1. The Hall–Kier alpha value is -2.41. The van der Waals surface area contributed by atoms with Crippen LogP contribution in [-0.4, -0.2) is 42.8 Å². The number of ketones is 1. The zero-order valence-corrected chi connectivity index (χ0v) is 11.4. The molecule has 1 aromatic carbocycles. The van der Waals surface area contributed by atoms with Crippen LogP contribution >= 0.6 is 0 Å². The fourth-order valence-electron chi connectivity index (χ4n) is 2.10. The molecule has 4 N–H and O–H groups in total. The Morgan fingerprint density at radius 3 is 2.67 bits per heavy atom. The van der Waals surface area contributed by atoms with Crippen LogP contribution in [0.1, 0.15) is 0 Å². The number of nitrogens with zero attached hydrogens (tertiary/aromatic N) is 1. The molecule has 0 spiro atoms. The van der Waals surface area contributed by atoms with Crippen molar-refractivity contribution in [3.05, 3.63) is 42.0 Å². The van der Waals surface area contributed by atoms with E-state index in [-0.39, 0.29) is 11.4 Å². The minimum absolute atomic E-state index is 0.158. The van der Waals surface area contributed by atoms with Crippen molar-refractivity contribution < 1.29 is 14.0 Å². The van der Waals surface area contributed by atoms with Gasteiger partial charge in [-0.15, -0.1) is 0 Å². The third-order valence-electron chi connectivity index (χ3n) is 3.14. The number of benzene rings is 1. The summed E-state index contributed by atoms with van der Waals surface area (Å²) >= 11 is 0. The van der Waals surface area contributed by atoms with E-state index in [9.17, 15) is 14.0 Å². The summed E-state index contributed by atoms with van der Waals surface area (Å²) in [6, 6.07) is 5.35. The van der Waals surface area contributed by atoms with Crippen LogP contribution in [0.2, 0.25) is 0 Å². The first-order chi connectivity index (χ1) is 10.1. The molecule has 7 heteroatoms. The lowest BCUT2D eigenvalue weighted by Gasteiger charge is -2.30. The van der Waals surface area contributed by atoms with Gasteiger partial charge in [-0.1, -0.05) is 6.07 Å². The summed E-state index contributed by atoms with van der Waals surface area (Å²) in [6.45, 7) is 2.64. The number of halogens is 1. The van der Waals surface area contributed by atoms with Crippen molar-refractivity contribution in [1.29, 1.82) is 0 Å². The fraction of sp³-hybridized carbons (Fsp3) is 0.286. The van der Waals surface area contributed by atoms with Gasteiger partial charge in [-0.25, -0.2) is 4.39 Å². The normalized spacial score (nSPS) is 15.7. The molecule has 1 aromatic rings. The maximum absolute atomic E-state index is 13.1. The predicted molar refractivity (Wildman–Crippen MR) is 76.7 cm³/mol. The van der Waals surface area contributed by atoms with Gasteiger partial charge in [-0.2, -0.15) is 0 Å². The summed E-state index contributed by atoms with van der Waals surface area (Å²) in [5.74, 6) is -2.06.